The van der Waals surface area contributed by atoms with Gasteiger partial charge in [0.2, 0.25) is 11.8 Å². The summed E-state index contributed by atoms with van der Waals surface area (Å²) in [7, 11) is 1.61. The van der Waals surface area contributed by atoms with Gasteiger partial charge < -0.3 is 20.3 Å². The molecule has 1 aromatic rings. The van der Waals surface area contributed by atoms with Crippen LogP contribution in [0.5, 0.6) is 5.75 Å². The lowest BCUT2D eigenvalue weighted by molar-refractivity contribution is -0.125. The van der Waals surface area contributed by atoms with Crippen molar-refractivity contribution in [1.29, 1.82) is 0 Å². The molecule has 0 radical (unpaired) electrons. The number of carbonyl (C=O) groups excluding carboxylic acids is 2. The molecular formula is C22H34N4O3. The highest BCUT2D eigenvalue weighted by Gasteiger charge is 2.32. The second-order valence-electron chi connectivity index (χ2n) is 8.32. The fourth-order valence-electron chi connectivity index (χ4n) is 4.23. The van der Waals surface area contributed by atoms with E-state index < -0.39 is 0 Å². The van der Waals surface area contributed by atoms with Crippen LogP contribution in [0, 0.1) is 0 Å². The molecule has 1 atom stereocenters. The molecule has 2 aliphatic rings. The molecule has 1 aromatic carbocycles. The van der Waals surface area contributed by atoms with E-state index >= 15 is 0 Å². The Kier molecular flexibility index (Phi) is 7.50. The van der Waals surface area contributed by atoms with Crippen LogP contribution in [-0.2, 0) is 9.59 Å². The summed E-state index contributed by atoms with van der Waals surface area (Å²) in [5.74, 6) is 0.726. The van der Waals surface area contributed by atoms with Crippen molar-refractivity contribution < 1.29 is 14.3 Å². The van der Waals surface area contributed by atoms with Gasteiger partial charge in [-0.15, -0.1) is 0 Å². The summed E-state index contributed by atoms with van der Waals surface area (Å²) in [4.78, 5) is 29.7. The minimum absolute atomic E-state index is 0.0251. The lowest BCUT2D eigenvalue weighted by Crippen LogP contribution is -2.50. The smallest absolute Gasteiger partial charge is 0.241 e. The molecule has 29 heavy (non-hydrogen) atoms. The lowest BCUT2D eigenvalue weighted by atomic mass is 10.0. The molecule has 2 aliphatic heterocycles. The van der Waals surface area contributed by atoms with Gasteiger partial charge >= 0.3 is 0 Å². The number of piperidine rings is 1. The first-order valence-corrected chi connectivity index (χ1v) is 10.7. The van der Waals surface area contributed by atoms with Gasteiger partial charge in [-0.05, 0) is 70.3 Å². The number of hydrogen-bond donors (Lipinski definition) is 2. The van der Waals surface area contributed by atoms with Crippen molar-refractivity contribution in [3.05, 3.63) is 24.3 Å². The molecule has 160 valence electrons. The first-order chi connectivity index (χ1) is 14.0. The molecule has 0 bridgehead atoms. The Hall–Kier alpha value is -2.12. The molecule has 2 saturated heterocycles. The maximum Gasteiger partial charge on any atom is 0.241 e. The number of benzene rings is 1. The lowest BCUT2D eigenvalue weighted by Gasteiger charge is -2.35. The summed E-state index contributed by atoms with van der Waals surface area (Å²) in [6.45, 7) is 7.54. The largest absolute Gasteiger partial charge is 0.497 e. The highest BCUT2D eigenvalue weighted by Crippen LogP contribution is 2.21. The highest BCUT2D eigenvalue weighted by atomic mass is 16.5. The van der Waals surface area contributed by atoms with Crippen LogP contribution in [0.4, 0.5) is 5.69 Å². The predicted octanol–water partition coefficient (Wildman–Crippen LogP) is 2.09. The van der Waals surface area contributed by atoms with Crippen molar-refractivity contribution in [2.24, 2.45) is 0 Å². The maximum absolute atomic E-state index is 12.7. The summed E-state index contributed by atoms with van der Waals surface area (Å²) in [6.07, 6.45) is 3.69. The number of ether oxygens (including phenoxy) is 1. The Morgan fingerprint density at radius 2 is 1.79 bits per heavy atom. The average molecular weight is 403 g/mol. The third-order valence-corrected chi connectivity index (χ3v) is 6.00. The Morgan fingerprint density at radius 1 is 1.10 bits per heavy atom. The molecule has 2 heterocycles. The van der Waals surface area contributed by atoms with Crippen molar-refractivity contribution in [2.75, 3.05) is 38.6 Å². The van der Waals surface area contributed by atoms with E-state index in [-0.39, 0.29) is 30.4 Å². The Morgan fingerprint density at radius 3 is 2.41 bits per heavy atom. The summed E-state index contributed by atoms with van der Waals surface area (Å²) in [6, 6.07) is 7.83. The summed E-state index contributed by atoms with van der Waals surface area (Å²) in [5.41, 5.74) is 0.740. The zero-order chi connectivity index (χ0) is 20.8. The molecule has 7 heteroatoms. The molecule has 0 saturated carbocycles. The van der Waals surface area contributed by atoms with E-state index in [0.29, 0.717) is 6.04 Å². The molecule has 0 aliphatic carbocycles. The van der Waals surface area contributed by atoms with Gasteiger partial charge in [-0.3, -0.25) is 14.5 Å². The van der Waals surface area contributed by atoms with Gasteiger partial charge in [0.1, 0.15) is 5.75 Å². The number of hydrogen-bond acceptors (Lipinski definition) is 5. The minimum Gasteiger partial charge on any atom is -0.497 e. The molecule has 1 unspecified atom stereocenters. The van der Waals surface area contributed by atoms with Gasteiger partial charge in [0, 0.05) is 30.9 Å². The molecule has 7 nitrogen and oxygen atoms in total. The van der Waals surface area contributed by atoms with E-state index in [2.05, 4.69) is 29.4 Å². The van der Waals surface area contributed by atoms with E-state index in [9.17, 15) is 9.59 Å². The Labute approximate surface area is 173 Å². The first kappa shape index (κ1) is 21.6. The van der Waals surface area contributed by atoms with E-state index in [1.165, 1.54) is 0 Å². The maximum atomic E-state index is 12.7. The van der Waals surface area contributed by atoms with Gasteiger partial charge in [0.25, 0.3) is 0 Å². The van der Waals surface area contributed by atoms with Crippen LogP contribution in [0.15, 0.2) is 24.3 Å². The first-order valence-electron chi connectivity index (χ1n) is 10.7. The van der Waals surface area contributed by atoms with Crippen LogP contribution in [0.3, 0.4) is 0 Å². The van der Waals surface area contributed by atoms with Crippen molar-refractivity contribution in [2.45, 2.75) is 57.7 Å². The number of carbonyl (C=O) groups is 2. The fraction of sp³-hybridized carbons (Fsp3) is 0.636. The van der Waals surface area contributed by atoms with Crippen LogP contribution >= 0.6 is 0 Å². The molecule has 2 amide bonds. The molecule has 3 rings (SSSR count). The Balaban J connectivity index is 1.47. The third-order valence-electron chi connectivity index (χ3n) is 6.00. The second-order valence-corrected chi connectivity index (χ2v) is 8.32. The number of likely N-dealkylation sites (tertiary alicyclic amines) is 2. The number of nitrogens with zero attached hydrogens (tertiary/aromatic N) is 2. The monoisotopic (exact) mass is 402 g/mol. The van der Waals surface area contributed by atoms with E-state index in [1.807, 2.05) is 29.2 Å². The standard InChI is InChI=1S/C22H34N4O3/c1-16(2)25-13-10-18(11-14-25)23-21(27)15-26-12-4-5-20(26)22(28)24-17-6-8-19(29-3)9-7-17/h6-9,16,18,20H,4-5,10-15H2,1-3H3,(H,23,27)(H,24,28). The highest BCUT2D eigenvalue weighted by molar-refractivity contribution is 5.95. The second kappa shape index (κ2) is 10.1. The fourth-order valence-corrected chi connectivity index (χ4v) is 4.23. The molecule has 0 aromatic heterocycles. The minimum atomic E-state index is -0.259. The topological polar surface area (TPSA) is 73.9 Å². The van der Waals surface area contributed by atoms with Gasteiger partial charge in [-0.1, -0.05) is 0 Å². The number of anilines is 1. The molecule has 2 N–H and O–H groups in total. The van der Waals surface area contributed by atoms with Crippen LogP contribution in [0.25, 0.3) is 0 Å². The number of methoxy groups -OCH3 is 1. The SMILES string of the molecule is COc1ccc(NC(=O)C2CCCN2CC(=O)NC2CCN(C(C)C)CC2)cc1. The number of rotatable bonds is 7. The van der Waals surface area contributed by atoms with Crippen LogP contribution in [0.1, 0.15) is 39.5 Å². The predicted molar refractivity (Wildman–Crippen MR) is 114 cm³/mol. The summed E-state index contributed by atoms with van der Waals surface area (Å²) >= 11 is 0. The van der Waals surface area contributed by atoms with Crippen LogP contribution in [-0.4, -0.2) is 73.0 Å². The average Bonchev–Trinajstić information content (AvgIpc) is 3.17. The Bertz CT molecular complexity index is 684. The zero-order valence-corrected chi connectivity index (χ0v) is 17.8. The van der Waals surface area contributed by atoms with Gasteiger partial charge in [-0.2, -0.15) is 0 Å². The quantitative estimate of drug-likeness (QED) is 0.731. The summed E-state index contributed by atoms with van der Waals surface area (Å²) < 4.78 is 5.15. The van der Waals surface area contributed by atoms with Crippen LogP contribution in [0.2, 0.25) is 0 Å². The van der Waals surface area contributed by atoms with Crippen LogP contribution < -0.4 is 15.4 Å². The van der Waals surface area contributed by atoms with E-state index in [1.54, 1.807) is 7.11 Å². The van der Waals surface area contributed by atoms with Crippen molar-refractivity contribution in [1.82, 2.24) is 15.1 Å². The number of nitrogens with one attached hydrogen (secondary N) is 2. The van der Waals surface area contributed by atoms with Crippen molar-refractivity contribution in [3.8, 4) is 5.75 Å². The normalized spacial score (nSPS) is 21.3. The van der Waals surface area contributed by atoms with Gasteiger partial charge in [0.15, 0.2) is 0 Å². The van der Waals surface area contributed by atoms with Gasteiger partial charge in [0.05, 0.1) is 19.7 Å². The molecular weight excluding hydrogens is 368 g/mol. The molecule has 2 fully saturated rings. The van der Waals surface area contributed by atoms with E-state index in [0.717, 1.165) is 56.8 Å². The van der Waals surface area contributed by atoms with Crippen molar-refractivity contribution in [3.63, 3.8) is 0 Å². The summed E-state index contributed by atoms with van der Waals surface area (Å²) in [5, 5.41) is 6.14. The third kappa shape index (κ3) is 5.93. The zero-order valence-electron chi connectivity index (χ0n) is 17.8. The van der Waals surface area contributed by atoms with E-state index in [4.69, 9.17) is 4.74 Å². The van der Waals surface area contributed by atoms with Gasteiger partial charge in [-0.25, -0.2) is 0 Å². The van der Waals surface area contributed by atoms with Crippen molar-refractivity contribution >= 4 is 17.5 Å². The number of amides is 2. The molecule has 0 spiro atoms.